The Hall–Kier alpha value is -1.17. The van der Waals surface area contributed by atoms with E-state index in [1.165, 1.54) is 4.88 Å². The number of anilines is 1. The minimum Gasteiger partial charge on any atom is -0.382 e. The van der Waals surface area contributed by atoms with Crippen LogP contribution in [0, 0.1) is 0 Å². The molecule has 2 aliphatic heterocycles. The Labute approximate surface area is 206 Å². The van der Waals surface area contributed by atoms with E-state index in [4.69, 9.17) is 16.7 Å². The number of rotatable bonds is 6. The molecule has 3 heterocycles. The highest BCUT2D eigenvalue weighted by Gasteiger charge is 2.31. The fourth-order valence-corrected chi connectivity index (χ4v) is 6.75. The Balaban J connectivity index is 1.51. The lowest BCUT2D eigenvalue weighted by Gasteiger charge is -2.40. The summed E-state index contributed by atoms with van der Waals surface area (Å²) in [6.07, 6.45) is 2.74. The van der Waals surface area contributed by atoms with Crippen molar-refractivity contribution in [1.82, 2.24) is 9.80 Å². The first-order chi connectivity index (χ1) is 15.2. The summed E-state index contributed by atoms with van der Waals surface area (Å²) in [5.74, 6) is 0.00526. The molecule has 2 aromatic rings. The van der Waals surface area contributed by atoms with E-state index in [9.17, 15) is 13.2 Å². The topological polar surface area (TPSA) is 95.7 Å². The van der Waals surface area contributed by atoms with Crippen molar-refractivity contribution in [1.29, 1.82) is 0 Å². The van der Waals surface area contributed by atoms with Gasteiger partial charge in [0.15, 0.2) is 0 Å². The molecule has 1 aromatic heterocycles. The molecule has 0 spiro atoms. The van der Waals surface area contributed by atoms with E-state index in [0.29, 0.717) is 13.1 Å². The van der Waals surface area contributed by atoms with Gasteiger partial charge in [0.2, 0.25) is 15.9 Å². The molecular weight excluding hydrogens is 536 g/mol. The molecule has 174 valence electrons. The van der Waals surface area contributed by atoms with Crippen molar-refractivity contribution in [2.24, 2.45) is 5.14 Å². The van der Waals surface area contributed by atoms with Crippen molar-refractivity contribution >= 4 is 60.5 Å². The van der Waals surface area contributed by atoms with Crippen molar-refractivity contribution in [3.8, 4) is 0 Å². The standard InChI is InChI=1S/C21H26BrClN4O3S2/c22-20-6-5-19(31-20)18(26-7-9-27(10-8-26)21(28)13-23)11-15-3-1-14-2-4-16(32(24,29)30)12-17(14)25-15/h2,4-6,12,15,18,25H,1,3,7-11,13H2,(H2,24,29,30)/t15-,18-/m1/s1. The highest BCUT2D eigenvalue weighted by Crippen LogP contribution is 2.37. The number of piperazine rings is 1. The molecule has 0 bridgehead atoms. The number of fused-ring (bicyclic) bond motifs is 1. The summed E-state index contributed by atoms with van der Waals surface area (Å²) < 4.78 is 24.6. The maximum atomic E-state index is 12.0. The summed E-state index contributed by atoms with van der Waals surface area (Å²) in [6.45, 7) is 2.93. The first kappa shape index (κ1) is 24.0. The van der Waals surface area contributed by atoms with E-state index >= 15 is 0 Å². The zero-order valence-electron chi connectivity index (χ0n) is 17.5. The second-order valence-electron chi connectivity index (χ2n) is 8.19. The molecule has 0 saturated carbocycles. The van der Waals surface area contributed by atoms with Gasteiger partial charge in [0.05, 0.1) is 8.68 Å². The monoisotopic (exact) mass is 560 g/mol. The third kappa shape index (κ3) is 5.48. The van der Waals surface area contributed by atoms with Crippen molar-refractivity contribution in [2.45, 2.75) is 36.2 Å². The Morgan fingerprint density at radius 3 is 2.62 bits per heavy atom. The van der Waals surface area contributed by atoms with Gasteiger partial charge in [-0.1, -0.05) is 6.07 Å². The molecule has 1 amide bonds. The van der Waals surface area contributed by atoms with E-state index in [1.807, 2.05) is 11.0 Å². The van der Waals surface area contributed by atoms with Crippen molar-refractivity contribution in [3.63, 3.8) is 0 Å². The minimum atomic E-state index is -3.74. The molecule has 11 heteroatoms. The average Bonchev–Trinajstić information content (AvgIpc) is 3.21. The Kier molecular flexibility index (Phi) is 7.48. The molecular formula is C21H26BrClN4O3S2. The summed E-state index contributed by atoms with van der Waals surface area (Å²) in [5.41, 5.74) is 1.95. The van der Waals surface area contributed by atoms with Gasteiger partial charge in [0, 0.05) is 48.8 Å². The normalized spacial score (nSPS) is 20.5. The Morgan fingerprint density at radius 1 is 1.25 bits per heavy atom. The number of amides is 1. The largest absolute Gasteiger partial charge is 0.382 e. The molecule has 0 radical (unpaired) electrons. The molecule has 7 nitrogen and oxygen atoms in total. The highest BCUT2D eigenvalue weighted by atomic mass is 79.9. The number of primary sulfonamides is 1. The molecule has 2 atom stereocenters. The number of carbonyl (C=O) groups excluding carboxylic acids is 1. The van der Waals surface area contributed by atoms with Crippen LogP contribution in [0.1, 0.15) is 29.3 Å². The maximum absolute atomic E-state index is 12.0. The molecule has 4 rings (SSSR count). The fourth-order valence-electron chi connectivity index (χ4n) is 4.47. The Morgan fingerprint density at radius 2 is 2.00 bits per heavy atom. The van der Waals surface area contributed by atoms with Crippen molar-refractivity contribution < 1.29 is 13.2 Å². The van der Waals surface area contributed by atoms with Gasteiger partial charge in [-0.25, -0.2) is 13.6 Å². The van der Waals surface area contributed by atoms with Crippen LogP contribution in [0.2, 0.25) is 0 Å². The van der Waals surface area contributed by atoms with Crippen molar-refractivity contribution in [3.05, 3.63) is 44.6 Å². The first-order valence-corrected chi connectivity index (χ1v) is 14.2. The highest BCUT2D eigenvalue weighted by molar-refractivity contribution is 9.11. The van der Waals surface area contributed by atoms with Gasteiger partial charge >= 0.3 is 0 Å². The number of hydrogen-bond donors (Lipinski definition) is 2. The van der Waals surface area contributed by atoms with E-state index in [0.717, 1.165) is 47.4 Å². The van der Waals surface area contributed by atoms with Crippen LogP contribution in [0.4, 0.5) is 5.69 Å². The average molecular weight is 562 g/mol. The lowest BCUT2D eigenvalue weighted by Crippen LogP contribution is -2.50. The third-order valence-electron chi connectivity index (χ3n) is 6.18. The number of halogens is 2. The van der Waals surface area contributed by atoms with Crippen LogP contribution in [0.3, 0.4) is 0 Å². The number of aryl methyl sites for hydroxylation is 1. The molecule has 1 saturated heterocycles. The number of sulfonamides is 1. The first-order valence-electron chi connectivity index (χ1n) is 10.5. The number of nitrogens with one attached hydrogen (secondary N) is 1. The maximum Gasteiger partial charge on any atom is 0.238 e. The minimum absolute atomic E-state index is 0.0158. The van der Waals surface area contributed by atoms with Crippen LogP contribution in [0.15, 0.2) is 39.0 Å². The molecule has 32 heavy (non-hydrogen) atoms. The second kappa shape index (κ2) is 9.99. The third-order valence-corrected chi connectivity index (χ3v) is 9.05. The molecule has 0 unspecified atom stereocenters. The van der Waals surface area contributed by atoms with Gasteiger partial charge < -0.3 is 10.2 Å². The number of carbonyl (C=O) groups is 1. The summed E-state index contributed by atoms with van der Waals surface area (Å²) in [6, 6.07) is 9.70. The van der Waals surface area contributed by atoms with Crippen LogP contribution in [0.5, 0.6) is 0 Å². The zero-order chi connectivity index (χ0) is 22.9. The summed E-state index contributed by atoms with van der Waals surface area (Å²) in [7, 11) is -3.74. The predicted octanol–water partition coefficient (Wildman–Crippen LogP) is 3.40. The lowest BCUT2D eigenvalue weighted by atomic mass is 9.92. The molecule has 1 fully saturated rings. The predicted molar refractivity (Wildman–Crippen MR) is 132 cm³/mol. The number of thiophene rings is 1. The molecule has 2 aliphatic rings. The van der Waals surface area contributed by atoms with Gasteiger partial charge in [-0.3, -0.25) is 9.69 Å². The Bertz CT molecular complexity index is 1090. The zero-order valence-corrected chi connectivity index (χ0v) is 21.4. The molecule has 1 aromatic carbocycles. The van der Waals surface area contributed by atoms with E-state index in [-0.39, 0.29) is 28.8 Å². The number of nitrogens with two attached hydrogens (primary N) is 1. The lowest BCUT2D eigenvalue weighted by molar-refractivity contribution is -0.130. The summed E-state index contributed by atoms with van der Waals surface area (Å²) in [4.78, 5) is 17.6. The van der Waals surface area contributed by atoms with Crippen LogP contribution >= 0.6 is 38.9 Å². The second-order valence-corrected chi connectivity index (χ2v) is 12.5. The van der Waals surface area contributed by atoms with Crippen LogP contribution in [0.25, 0.3) is 0 Å². The summed E-state index contributed by atoms with van der Waals surface area (Å²) >= 11 is 11.0. The molecule has 0 aliphatic carbocycles. The number of alkyl halides is 1. The van der Waals surface area contributed by atoms with Gasteiger partial charge in [-0.15, -0.1) is 22.9 Å². The van der Waals surface area contributed by atoms with Crippen molar-refractivity contribution in [2.75, 3.05) is 37.4 Å². The van der Waals surface area contributed by atoms with E-state index in [2.05, 4.69) is 38.3 Å². The van der Waals surface area contributed by atoms with Gasteiger partial charge in [-0.2, -0.15) is 0 Å². The quantitative estimate of drug-likeness (QED) is 0.527. The van der Waals surface area contributed by atoms with E-state index < -0.39 is 10.0 Å². The van der Waals surface area contributed by atoms with E-state index in [1.54, 1.807) is 23.5 Å². The number of nitrogens with zero attached hydrogens (tertiary/aromatic N) is 2. The summed E-state index contributed by atoms with van der Waals surface area (Å²) in [5, 5.41) is 8.88. The SMILES string of the molecule is NS(=O)(=O)c1ccc2c(c1)N[C@@H](C[C@H](c1ccc(Br)s1)N1CCN(C(=O)CCl)CC1)CC2. The number of hydrogen-bond acceptors (Lipinski definition) is 6. The van der Waals surface area contributed by atoms with Gasteiger partial charge in [0.25, 0.3) is 0 Å². The molecule has 3 N–H and O–H groups in total. The van der Waals surface area contributed by atoms with Gasteiger partial charge in [-0.05, 0) is 65.0 Å². The van der Waals surface area contributed by atoms with Crippen LogP contribution < -0.4 is 10.5 Å². The fraction of sp³-hybridized carbons (Fsp3) is 0.476. The van der Waals surface area contributed by atoms with Crippen LogP contribution in [-0.2, 0) is 21.2 Å². The smallest absolute Gasteiger partial charge is 0.238 e. The van der Waals surface area contributed by atoms with Gasteiger partial charge in [0.1, 0.15) is 5.88 Å². The number of benzene rings is 1. The van der Waals surface area contributed by atoms with Crippen LogP contribution in [-0.4, -0.2) is 62.2 Å².